The number of nitrogens with zero attached hydrogens (tertiary/aromatic N) is 1. The second-order valence-electron chi connectivity index (χ2n) is 4.70. The molecule has 0 bridgehead atoms. The van der Waals surface area contributed by atoms with Gasteiger partial charge >= 0.3 is 0 Å². The summed E-state index contributed by atoms with van der Waals surface area (Å²) in [6, 6.07) is 5.78. The van der Waals surface area contributed by atoms with Gasteiger partial charge in [0.05, 0.1) is 0 Å². The van der Waals surface area contributed by atoms with E-state index in [0.717, 1.165) is 4.70 Å². The summed E-state index contributed by atoms with van der Waals surface area (Å²) in [5.41, 5.74) is 1.40. The second kappa shape index (κ2) is 3.54. The molecule has 0 unspecified atom stereocenters. The number of hydrogen-bond acceptors (Lipinski definition) is 2. The first-order valence-electron chi connectivity index (χ1n) is 5.50. The Kier molecular flexibility index (Phi) is 2.26. The van der Waals surface area contributed by atoms with Crippen LogP contribution >= 0.6 is 11.3 Å². The SMILES string of the molecule is CN(C)[C@@H]1C[C@H]1c1csc2cc(F)ccc12. The lowest BCUT2D eigenvalue weighted by molar-refractivity contribution is 0.391. The molecule has 1 aliphatic carbocycles. The zero-order valence-electron chi connectivity index (χ0n) is 9.40. The summed E-state index contributed by atoms with van der Waals surface area (Å²) in [6.07, 6.45) is 1.23. The summed E-state index contributed by atoms with van der Waals surface area (Å²) in [7, 11) is 4.25. The van der Waals surface area contributed by atoms with Crippen molar-refractivity contribution in [3.05, 3.63) is 35.0 Å². The third-order valence-electron chi connectivity index (χ3n) is 3.39. The van der Waals surface area contributed by atoms with Crippen LogP contribution in [-0.4, -0.2) is 25.0 Å². The normalized spacial score (nSPS) is 24.2. The highest BCUT2D eigenvalue weighted by Gasteiger charge is 2.41. The number of rotatable bonds is 2. The first-order chi connectivity index (χ1) is 7.66. The Morgan fingerprint density at radius 3 is 2.88 bits per heavy atom. The quantitative estimate of drug-likeness (QED) is 0.770. The van der Waals surface area contributed by atoms with Gasteiger partial charge in [-0.25, -0.2) is 4.39 Å². The molecule has 1 fully saturated rings. The smallest absolute Gasteiger partial charge is 0.124 e. The fraction of sp³-hybridized carbons (Fsp3) is 0.385. The third kappa shape index (κ3) is 1.55. The van der Waals surface area contributed by atoms with Gasteiger partial charge < -0.3 is 4.90 Å². The first kappa shape index (κ1) is 10.2. The number of likely N-dealkylation sites (N-methyl/N-ethyl adjacent to an activating group) is 1. The van der Waals surface area contributed by atoms with Gasteiger partial charge in [-0.15, -0.1) is 11.3 Å². The molecule has 84 valence electrons. The van der Waals surface area contributed by atoms with E-state index in [1.54, 1.807) is 23.5 Å². The Bertz CT molecular complexity index is 532. The maximum absolute atomic E-state index is 13.1. The van der Waals surface area contributed by atoms with Crippen molar-refractivity contribution >= 4 is 21.4 Å². The molecule has 0 saturated heterocycles. The van der Waals surface area contributed by atoms with Crippen molar-refractivity contribution in [1.82, 2.24) is 4.90 Å². The highest BCUT2D eigenvalue weighted by atomic mass is 32.1. The molecule has 0 aliphatic heterocycles. The number of fused-ring (bicyclic) bond motifs is 1. The van der Waals surface area contributed by atoms with Crippen molar-refractivity contribution in [2.75, 3.05) is 14.1 Å². The maximum atomic E-state index is 13.1. The lowest BCUT2D eigenvalue weighted by Crippen LogP contribution is -2.15. The standard InChI is InChI=1S/C13H14FNS/c1-15(2)12-6-10(12)11-7-16-13-5-8(14)3-4-9(11)13/h3-5,7,10,12H,6H2,1-2H3/t10-,12+/m0/s1. The average Bonchev–Trinajstić information content (AvgIpc) is 2.93. The number of benzene rings is 1. The van der Waals surface area contributed by atoms with Crippen LogP contribution in [0, 0.1) is 5.82 Å². The molecule has 1 aromatic heterocycles. The van der Waals surface area contributed by atoms with Gasteiger partial charge in [0, 0.05) is 16.7 Å². The van der Waals surface area contributed by atoms with Gasteiger partial charge in [0.25, 0.3) is 0 Å². The Morgan fingerprint density at radius 2 is 2.19 bits per heavy atom. The van der Waals surface area contributed by atoms with E-state index >= 15 is 0 Å². The fourth-order valence-corrected chi connectivity index (χ4v) is 3.45. The Morgan fingerprint density at radius 1 is 1.38 bits per heavy atom. The summed E-state index contributed by atoms with van der Waals surface area (Å²) < 4.78 is 14.1. The van der Waals surface area contributed by atoms with Gasteiger partial charge in [-0.3, -0.25) is 0 Å². The molecule has 3 rings (SSSR count). The summed E-state index contributed by atoms with van der Waals surface area (Å²) in [5.74, 6) is 0.509. The predicted molar refractivity (Wildman–Crippen MR) is 66.6 cm³/mol. The van der Waals surface area contributed by atoms with E-state index in [-0.39, 0.29) is 5.82 Å². The van der Waals surface area contributed by atoms with E-state index in [4.69, 9.17) is 0 Å². The number of hydrogen-bond donors (Lipinski definition) is 0. The van der Waals surface area contributed by atoms with Gasteiger partial charge in [-0.1, -0.05) is 6.07 Å². The first-order valence-corrected chi connectivity index (χ1v) is 6.38. The summed E-state index contributed by atoms with van der Waals surface area (Å²) in [5, 5.41) is 3.43. The van der Waals surface area contributed by atoms with Crippen molar-refractivity contribution in [3.63, 3.8) is 0 Å². The molecule has 1 saturated carbocycles. The molecule has 1 heterocycles. The van der Waals surface area contributed by atoms with Crippen molar-refractivity contribution in [1.29, 1.82) is 0 Å². The largest absolute Gasteiger partial charge is 0.306 e. The van der Waals surface area contributed by atoms with Crippen molar-refractivity contribution in [2.45, 2.75) is 18.4 Å². The molecule has 0 amide bonds. The van der Waals surface area contributed by atoms with E-state index in [1.807, 2.05) is 6.07 Å². The monoisotopic (exact) mass is 235 g/mol. The van der Waals surface area contributed by atoms with Crippen LogP contribution in [-0.2, 0) is 0 Å². The van der Waals surface area contributed by atoms with Gasteiger partial charge in [0.1, 0.15) is 5.82 Å². The molecular formula is C13H14FNS. The molecular weight excluding hydrogens is 221 g/mol. The average molecular weight is 235 g/mol. The Labute approximate surface area is 98.5 Å². The van der Waals surface area contributed by atoms with Crippen LogP contribution in [0.5, 0.6) is 0 Å². The number of thiophene rings is 1. The van der Waals surface area contributed by atoms with E-state index < -0.39 is 0 Å². The lowest BCUT2D eigenvalue weighted by Gasteiger charge is -2.07. The highest BCUT2D eigenvalue weighted by molar-refractivity contribution is 7.17. The van der Waals surface area contributed by atoms with Crippen LogP contribution in [0.1, 0.15) is 17.9 Å². The van der Waals surface area contributed by atoms with Gasteiger partial charge in [0.2, 0.25) is 0 Å². The van der Waals surface area contributed by atoms with E-state index in [1.165, 1.54) is 17.4 Å². The number of halogens is 1. The van der Waals surface area contributed by atoms with Crippen LogP contribution in [0.4, 0.5) is 4.39 Å². The van der Waals surface area contributed by atoms with Crippen LogP contribution in [0.15, 0.2) is 23.6 Å². The van der Waals surface area contributed by atoms with E-state index in [2.05, 4.69) is 24.4 Å². The van der Waals surface area contributed by atoms with Gasteiger partial charge in [-0.05, 0) is 49.0 Å². The van der Waals surface area contributed by atoms with Crippen molar-refractivity contribution in [3.8, 4) is 0 Å². The predicted octanol–water partition coefficient (Wildman–Crippen LogP) is 3.46. The lowest BCUT2D eigenvalue weighted by atomic mass is 10.1. The minimum Gasteiger partial charge on any atom is -0.306 e. The van der Waals surface area contributed by atoms with E-state index in [0.29, 0.717) is 12.0 Å². The molecule has 0 radical (unpaired) electrons. The Balaban J connectivity index is 2.00. The highest BCUT2D eigenvalue weighted by Crippen LogP contribution is 2.47. The van der Waals surface area contributed by atoms with Crippen LogP contribution in [0.25, 0.3) is 10.1 Å². The molecule has 16 heavy (non-hydrogen) atoms. The fourth-order valence-electron chi connectivity index (χ4n) is 2.40. The van der Waals surface area contributed by atoms with Crippen LogP contribution in [0.2, 0.25) is 0 Å². The van der Waals surface area contributed by atoms with Gasteiger partial charge in [0.15, 0.2) is 0 Å². The van der Waals surface area contributed by atoms with Crippen LogP contribution in [0.3, 0.4) is 0 Å². The summed E-state index contributed by atoms with van der Waals surface area (Å²) in [4.78, 5) is 2.28. The molecule has 1 aliphatic rings. The molecule has 1 aromatic carbocycles. The molecule has 0 N–H and O–H groups in total. The minimum atomic E-state index is -0.138. The summed E-state index contributed by atoms with van der Waals surface area (Å²) >= 11 is 1.65. The molecule has 2 atom stereocenters. The Hall–Kier alpha value is -0.930. The minimum absolute atomic E-state index is 0.138. The molecule has 2 aromatic rings. The van der Waals surface area contributed by atoms with Crippen molar-refractivity contribution in [2.24, 2.45) is 0 Å². The van der Waals surface area contributed by atoms with Crippen molar-refractivity contribution < 1.29 is 4.39 Å². The topological polar surface area (TPSA) is 3.24 Å². The van der Waals surface area contributed by atoms with E-state index in [9.17, 15) is 4.39 Å². The second-order valence-corrected chi connectivity index (χ2v) is 5.62. The maximum Gasteiger partial charge on any atom is 0.124 e. The summed E-state index contributed by atoms with van der Waals surface area (Å²) in [6.45, 7) is 0. The third-order valence-corrected chi connectivity index (χ3v) is 4.35. The molecule has 1 nitrogen and oxygen atoms in total. The molecule has 0 spiro atoms. The zero-order valence-corrected chi connectivity index (χ0v) is 10.2. The van der Waals surface area contributed by atoms with Gasteiger partial charge in [-0.2, -0.15) is 0 Å². The zero-order chi connectivity index (χ0) is 11.3. The van der Waals surface area contributed by atoms with Crippen LogP contribution < -0.4 is 0 Å². The molecule has 3 heteroatoms.